The highest BCUT2D eigenvalue weighted by Crippen LogP contribution is 2.21. The molecule has 1 amide bonds. The van der Waals surface area contributed by atoms with Gasteiger partial charge in [0.15, 0.2) is 0 Å². The van der Waals surface area contributed by atoms with E-state index in [0.717, 1.165) is 30.0 Å². The molecule has 3 rings (SSSR count). The SMILES string of the molecule is CN(CCCNC(=O)c1cnc2ccccc2n1)C1CCCCC1. The van der Waals surface area contributed by atoms with Gasteiger partial charge >= 0.3 is 0 Å². The topological polar surface area (TPSA) is 58.1 Å². The van der Waals surface area contributed by atoms with Gasteiger partial charge in [-0.2, -0.15) is 0 Å². The van der Waals surface area contributed by atoms with E-state index in [2.05, 4.69) is 27.2 Å². The van der Waals surface area contributed by atoms with Crippen LogP contribution in [0.4, 0.5) is 0 Å². The van der Waals surface area contributed by atoms with Crippen molar-refractivity contribution in [3.63, 3.8) is 0 Å². The van der Waals surface area contributed by atoms with Crippen molar-refractivity contribution in [3.05, 3.63) is 36.2 Å². The van der Waals surface area contributed by atoms with Crippen LogP contribution in [-0.2, 0) is 0 Å². The van der Waals surface area contributed by atoms with Crippen molar-refractivity contribution in [2.24, 2.45) is 0 Å². The van der Waals surface area contributed by atoms with Crippen LogP contribution in [0.1, 0.15) is 49.0 Å². The van der Waals surface area contributed by atoms with Gasteiger partial charge in [0.1, 0.15) is 5.69 Å². The van der Waals surface area contributed by atoms with Gasteiger partial charge in [-0.3, -0.25) is 9.78 Å². The monoisotopic (exact) mass is 326 g/mol. The summed E-state index contributed by atoms with van der Waals surface area (Å²) in [5, 5.41) is 2.95. The molecule has 1 N–H and O–H groups in total. The smallest absolute Gasteiger partial charge is 0.271 e. The fraction of sp³-hybridized carbons (Fsp3) is 0.526. The zero-order valence-corrected chi connectivity index (χ0v) is 14.4. The Morgan fingerprint density at radius 2 is 1.96 bits per heavy atom. The van der Waals surface area contributed by atoms with Gasteiger partial charge in [0.25, 0.3) is 5.91 Å². The molecule has 1 aromatic heterocycles. The summed E-state index contributed by atoms with van der Waals surface area (Å²) in [6.45, 7) is 1.69. The Kier molecular flexibility index (Phi) is 5.75. The number of benzene rings is 1. The highest BCUT2D eigenvalue weighted by atomic mass is 16.1. The molecule has 0 radical (unpaired) electrons. The summed E-state index contributed by atoms with van der Waals surface area (Å²) in [4.78, 5) is 23.3. The summed E-state index contributed by atoms with van der Waals surface area (Å²) in [6, 6.07) is 8.31. The molecule has 1 heterocycles. The largest absolute Gasteiger partial charge is 0.351 e. The summed E-state index contributed by atoms with van der Waals surface area (Å²) >= 11 is 0. The highest BCUT2D eigenvalue weighted by Gasteiger charge is 2.17. The first-order valence-corrected chi connectivity index (χ1v) is 8.94. The van der Waals surface area contributed by atoms with Crippen LogP contribution in [0.25, 0.3) is 11.0 Å². The van der Waals surface area contributed by atoms with Crippen LogP contribution in [0.2, 0.25) is 0 Å². The Morgan fingerprint density at radius 3 is 2.75 bits per heavy atom. The minimum absolute atomic E-state index is 0.145. The molecule has 5 nitrogen and oxygen atoms in total. The van der Waals surface area contributed by atoms with Gasteiger partial charge < -0.3 is 10.2 Å². The van der Waals surface area contributed by atoms with E-state index in [1.807, 2.05) is 24.3 Å². The van der Waals surface area contributed by atoms with Crippen LogP contribution in [0.5, 0.6) is 0 Å². The maximum absolute atomic E-state index is 12.2. The maximum Gasteiger partial charge on any atom is 0.271 e. The standard InChI is InChI=1S/C19H26N4O/c1-23(15-8-3-2-4-9-15)13-7-12-20-19(24)18-14-21-16-10-5-6-11-17(16)22-18/h5-6,10-11,14-15H,2-4,7-9,12-13H2,1H3,(H,20,24). The van der Waals surface area contributed by atoms with Crippen molar-refractivity contribution in [2.45, 2.75) is 44.6 Å². The van der Waals surface area contributed by atoms with Crippen molar-refractivity contribution in [1.29, 1.82) is 0 Å². The van der Waals surface area contributed by atoms with E-state index in [0.29, 0.717) is 12.2 Å². The van der Waals surface area contributed by atoms with Gasteiger partial charge in [-0.15, -0.1) is 0 Å². The van der Waals surface area contributed by atoms with Crippen molar-refractivity contribution < 1.29 is 4.79 Å². The third kappa shape index (κ3) is 4.29. The quantitative estimate of drug-likeness (QED) is 0.829. The second kappa shape index (κ2) is 8.20. The molecule has 24 heavy (non-hydrogen) atoms. The lowest BCUT2D eigenvalue weighted by atomic mass is 9.94. The number of para-hydroxylation sites is 2. The zero-order valence-electron chi connectivity index (χ0n) is 14.4. The summed E-state index contributed by atoms with van der Waals surface area (Å²) in [5.74, 6) is -0.145. The predicted octanol–water partition coefficient (Wildman–Crippen LogP) is 3.01. The number of rotatable bonds is 6. The lowest BCUT2D eigenvalue weighted by Crippen LogP contribution is -2.36. The van der Waals surface area contributed by atoms with Crippen LogP contribution in [0.15, 0.2) is 30.5 Å². The van der Waals surface area contributed by atoms with Crippen LogP contribution < -0.4 is 5.32 Å². The molecule has 128 valence electrons. The predicted molar refractivity (Wildman–Crippen MR) is 96.0 cm³/mol. The van der Waals surface area contributed by atoms with Crippen LogP contribution in [-0.4, -0.2) is 47.0 Å². The molecule has 1 saturated carbocycles. The fourth-order valence-corrected chi connectivity index (χ4v) is 3.39. The third-order valence-corrected chi connectivity index (χ3v) is 4.85. The van der Waals surface area contributed by atoms with E-state index in [1.165, 1.54) is 32.1 Å². The van der Waals surface area contributed by atoms with Crippen LogP contribution in [0, 0.1) is 0 Å². The van der Waals surface area contributed by atoms with E-state index in [9.17, 15) is 4.79 Å². The molecule has 0 unspecified atom stereocenters. The molecule has 1 fully saturated rings. The van der Waals surface area contributed by atoms with E-state index >= 15 is 0 Å². The minimum Gasteiger partial charge on any atom is -0.351 e. The Labute approximate surface area is 143 Å². The van der Waals surface area contributed by atoms with Gasteiger partial charge in [-0.05, 0) is 45.0 Å². The highest BCUT2D eigenvalue weighted by molar-refractivity contribution is 5.93. The molecule has 0 spiro atoms. The molecular formula is C19H26N4O. The Balaban J connectivity index is 1.44. The van der Waals surface area contributed by atoms with Gasteiger partial charge in [0.05, 0.1) is 17.2 Å². The first kappa shape index (κ1) is 16.8. The number of hydrogen-bond donors (Lipinski definition) is 1. The average Bonchev–Trinajstić information content (AvgIpc) is 2.65. The van der Waals surface area contributed by atoms with Crippen molar-refractivity contribution in [2.75, 3.05) is 20.1 Å². The molecule has 5 heteroatoms. The second-order valence-corrected chi connectivity index (χ2v) is 6.63. The molecule has 0 atom stereocenters. The number of nitrogens with one attached hydrogen (secondary N) is 1. The number of fused-ring (bicyclic) bond motifs is 1. The number of hydrogen-bond acceptors (Lipinski definition) is 4. The van der Waals surface area contributed by atoms with Crippen LogP contribution >= 0.6 is 0 Å². The van der Waals surface area contributed by atoms with Gasteiger partial charge in [0.2, 0.25) is 0 Å². The first-order valence-electron chi connectivity index (χ1n) is 8.94. The normalized spacial score (nSPS) is 15.8. The summed E-state index contributed by atoms with van der Waals surface area (Å²) in [7, 11) is 2.20. The number of aromatic nitrogens is 2. The lowest BCUT2D eigenvalue weighted by Gasteiger charge is -2.31. The lowest BCUT2D eigenvalue weighted by molar-refractivity contribution is 0.0945. The molecular weight excluding hydrogens is 300 g/mol. The second-order valence-electron chi connectivity index (χ2n) is 6.63. The third-order valence-electron chi connectivity index (χ3n) is 4.85. The molecule has 0 aliphatic heterocycles. The number of carbonyl (C=O) groups excluding carboxylic acids is 1. The van der Waals surface area contributed by atoms with E-state index in [1.54, 1.807) is 6.20 Å². The van der Waals surface area contributed by atoms with Crippen molar-refractivity contribution >= 4 is 16.9 Å². The summed E-state index contributed by atoms with van der Waals surface area (Å²) < 4.78 is 0. The number of carbonyl (C=O) groups is 1. The van der Waals surface area contributed by atoms with Crippen molar-refractivity contribution in [3.8, 4) is 0 Å². The molecule has 0 saturated heterocycles. The fourth-order valence-electron chi connectivity index (χ4n) is 3.39. The zero-order chi connectivity index (χ0) is 16.8. The van der Waals surface area contributed by atoms with Gasteiger partial charge in [-0.1, -0.05) is 31.4 Å². The summed E-state index contributed by atoms with van der Waals surface area (Å²) in [5.41, 5.74) is 1.94. The molecule has 1 aliphatic rings. The Morgan fingerprint density at radius 1 is 1.21 bits per heavy atom. The van der Waals surface area contributed by atoms with Crippen molar-refractivity contribution in [1.82, 2.24) is 20.2 Å². The van der Waals surface area contributed by atoms with E-state index < -0.39 is 0 Å². The average molecular weight is 326 g/mol. The van der Waals surface area contributed by atoms with Crippen LogP contribution in [0.3, 0.4) is 0 Å². The minimum atomic E-state index is -0.145. The van der Waals surface area contributed by atoms with Gasteiger partial charge in [0, 0.05) is 12.6 Å². The first-order chi connectivity index (χ1) is 11.7. The Bertz CT molecular complexity index is 682. The molecule has 1 aliphatic carbocycles. The molecule has 0 bridgehead atoms. The number of nitrogens with zero attached hydrogens (tertiary/aromatic N) is 3. The van der Waals surface area contributed by atoms with E-state index in [4.69, 9.17) is 0 Å². The van der Waals surface area contributed by atoms with Gasteiger partial charge in [-0.25, -0.2) is 4.98 Å². The molecule has 2 aromatic rings. The Hall–Kier alpha value is -2.01. The number of amides is 1. The summed E-state index contributed by atoms with van der Waals surface area (Å²) in [6.07, 6.45) is 9.22. The maximum atomic E-state index is 12.2. The van der Waals surface area contributed by atoms with E-state index in [-0.39, 0.29) is 5.91 Å². The molecule has 1 aromatic carbocycles.